The molecule has 0 bridgehead atoms. The molecule has 0 saturated carbocycles. The van der Waals surface area contributed by atoms with Crippen LogP contribution in [0.4, 0.5) is 0 Å². The van der Waals surface area contributed by atoms with Crippen molar-refractivity contribution in [2.75, 3.05) is 40.5 Å². The quantitative estimate of drug-likeness (QED) is 0.667. The van der Waals surface area contributed by atoms with Crippen molar-refractivity contribution in [1.29, 1.82) is 0 Å². The molecule has 1 atom stereocenters. The maximum Gasteiger partial charge on any atom is 0.241 e. The van der Waals surface area contributed by atoms with Crippen molar-refractivity contribution in [3.63, 3.8) is 0 Å². The fourth-order valence-corrected chi connectivity index (χ4v) is 3.18. The zero-order chi connectivity index (χ0) is 17.3. The average molecular weight is 344 g/mol. The zero-order valence-electron chi connectivity index (χ0n) is 13.7. The third kappa shape index (κ3) is 6.26. The normalized spacial score (nSPS) is 12.8. The molecule has 8 heteroatoms. The fourth-order valence-electron chi connectivity index (χ4n) is 1.96. The number of nitrogens with zero attached hydrogens (tertiary/aromatic N) is 1. The number of sulfonamides is 1. The van der Waals surface area contributed by atoms with Crippen molar-refractivity contribution in [3.8, 4) is 0 Å². The van der Waals surface area contributed by atoms with Gasteiger partial charge in [0.15, 0.2) is 0 Å². The van der Waals surface area contributed by atoms with Gasteiger partial charge in [-0.05, 0) is 19.1 Å². The third-order valence-electron chi connectivity index (χ3n) is 3.20. The first kappa shape index (κ1) is 19.6. The largest absolute Gasteiger partial charge is 0.383 e. The molecule has 0 aromatic heterocycles. The van der Waals surface area contributed by atoms with Crippen molar-refractivity contribution >= 4 is 15.9 Å². The monoisotopic (exact) mass is 344 g/mol. The van der Waals surface area contributed by atoms with E-state index in [0.717, 1.165) is 0 Å². The second-order valence-electron chi connectivity index (χ2n) is 4.97. The Morgan fingerprint density at radius 1 is 1.13 bits per heavy atom. The van der Waals surface area contributed by atoms with Crippen molar-refractivity contribution in [2.24, 2.45) is 0 Å². The molecule has 0 unspecified atom stereocenters. The Morgan fingerprint density at radius 3 is 2.13 bits per heavy atom. The predicted molar refractivity (Wildman–Crippen MR) is 86.6 cm³/mol. The molecule has 0 aliphatic carbocycles. The molecule has 0 aliphatic rings. The number of carbonyl (C=O) groups is 1. The highest BCUT2D eigenvalue weighted by atomic mass is 32.2. The number of nitrogens with one attached hydrogen (secondary N) is 1. The Bertz CT molecular complexity index is 569. The van der Waals surface area contributed by atoms with Gasteiger partial charge in [0.25, 0.3) is 0 Å². The molecule has 0 radical (unpaired) electrons. The number of benzene rings is 1. The summed E-state index contributed by atoms with van der Waals surface area (Å²) in [7, 11) is -0.655. The van der Waals surface area contributed by atoms with Gasteiger partial charge in [-0.25, -0.2) is 8.42 Å². The Kier molecular flexibility index (Phi) is 8.18. The minimum atomic E-state index is -3.74. The predicted octanol–water partition coefficient (Wildman–Crippen LogP) is 0.475. The SMILES string of the molecule is COCCN(CCOC)C(=O)[C@H](C)NS(=O)(=O)c1ccccc1. The molecule has 1 N–H and O–H groups in total. The van der Waals surface area contributed by atoms with Crippen LogP contribution < -0.4 is 4.72 Å². The number of ether oxygens (including phenoxy) is 2. The first-order valence-electron chi connectivity index (χ1n) is 7.26. The van der Waals surface area contributed by atoms with E-state index in [2.05, 4.69) is 4.72 Å². The summed E-state index contributed by atoms with van der Waals surface area (Å²) in [5, 5.41) is 0. The van der Waals surface area contributed by atoms with E-state index in [4.69, 9.17) is 9.47 Å². The van der Waals surface area contributed by atoms with Gasteiger partial charge in [-0.15, -0.1) is 0 Å². The number of amides is 1. The number of hydrogen-bond donors (Lipinski definition) is 1. The third-order valence-corrected chi connectivity index (χ3v) is 4.75. The minimum absolute atomic E-state index is 0.125. The van der Waals surface area contributed by atoms with Gasteiger partial charge >= 0.3 is 0 Å². The van der Waals surface area contributed by atoms with Gasteiger partial charge in [0.05, 0.1) is 24.2 Å². The van der Waals surface area contributed by atoms with E-state index >= 15 is 0 Å². The summed E-state index contributed by atoms with van der Waals surface area (Å²) in [6.07, 6.45) is 0. The first-order chi connectivity index (χ1) is 10.9. The van der Waals surface area contributed by atoms with Crippen molar-refractivity contribution < 1.29 is 22.7 Å². The van der Waals surface area contributed by atoms with Crippen LogP contribution in [0.5, 0.6) is 0 Å². The number of hydrogen-bond acceptors (Lipinski definition) is 5. The average Bonchev–Trinajstić information content (AvgIpc) is 2.55. The minimum Gasteiger partial charge on any atom is -0.383 e. The highest BCUT2D eigenvalue weighted by Crippen LogP contribution is 2.09. The molecule has 0 heterocycles. The Labute approximate surface area is 137 Å². The van der Waals surface area contributed by atoms with E-state index in [1.54, 1.807) is 32.4 Å². The molecule has 23 heavy (non-hydrogen) atoms. The van der Waals surface area contributed by atoms with Crippen LogP contribution in [0.15, 0.2) is 35.2 Å². The van der Waals surface area contributed by atoms with E-state index in [0.29, 0.717) is 26.3 Å². The molecule has 1 aromatic carbocycles. The Balaban J connectivity index is 2.76. The van der Waals surface area contributed by atoms with Gasteiger partial charge in [0.2, 0.25) is 15.9 Å². The van der Waals surface area contributed by atoms with Gasteiger partial charge in [0.1, 0.15) is 0 Å². The molecule has 0 spiro atoms. The number of rotatable bonds is 10. The summed E-state index contributed by atoms with van der Waals surface area (Å²) < 4.78 is 36.9. The molecule has 0 aliphatic heterocycles. The van der Waals surface area contributed by atoms with Gasteiger partial charge in [0, 0.05) is 27.3 Å². The second kappa shape index (κ2) is 9.61. The molecule has 1 amide bonds. The molecule has 0 fully saturated rings. The maximum absolute atomic E-state index is 12.5. The first-order valence-corrected chi connectivity index (χ1v) is 8.74. The van der Waals surface area contributed by atoms with Gasteiger partial charge in [-0.1, -0.05) is 18.2 Å². The molecule has 0 saturated heterocycles. The summed E-state index contributed by atoms with van der Waals surface area (Å²) in [4.78, 5) is 14.1. The summed E-state index contributed by atoms with van der Waals surface area (Å²) in [6, 6.07) is 7.06. The van der Waals surface area contributed by atoms with Crippen LogP contribution in [0.2, 0.25) is 0 Å². The Hall–Kier alpha value is -1.48. The molecule has 130 valence electrons. The number of carbonyl (C=O) groups excluding carboxylic acids is 1. The fraction of sp³-hybridized carbons (Fsp3) is 0.533. The van der Waals surface area contributed by atoms with Gasteiger partial charge in [-0.2, -0.15) is 4.72 Å². The van der Waals surface area contributed by atoms with E-state index in [1.165, 1.54) is 24.0 Å². The van der Waals surface area contributed by atoms with E-state index in [-0.39, 0.29) is 10.8 Å². The van der Waals surface area contributed by atoms with Crippen LogP contribution in [-0.2, 0) is 24.3 Å². The standard InChI is InChI=1S/C15H24N2O5S/c1-13(15(18)17(9-11-21-2)10-12-22-3)16-23(19,20)14-7-5-4-6-8-14/h4-8,13,16H,9-12H2,1-3H3/t13-/m0/s1. The molecular formula is C15H24N2O5S. The van der Waals surface area contributed by atoms with Crippen LogP contribution in [0.3, 0.4) is 0 Å². The summed E-state index contributed by atoms with van der Waals surface area (Å²) in [5.74, 6) is -0.321. The second-order valence-corrected chi connectivity index (χ2v) is 6.68. The van der Waals surface area contributed by atoms with E-state index < -0.39 is 16.1 Å². The smallest absolute Gasteiger partial charge is 0.241 e. The van der Waals surface area contributed by atoms with Crippen molar-refractivity contribution in [2.45, 2.75) is 17.9 Å². The maximum atomic E-state index is 12.5. The lowest BCUT2D eigenvalue weighted by atomic mass is 10.3. The van der Waals surface area contributed by atoms with Gasteiger partial charge in [-0.3, -0.25) is 4.79 Å². The highest BCUT2D eigenvalue weighted by molar-refractivity contribution is 7.89. The van der Waals surface area contributed by atoms with Crippen LogP contribution >= 0.6 is 0 Å². The summed E-state index contributed by atoms with van der Waals surface area (Å²) in [5.41, 5.74) is 0. The lowest BCUT2D eigenvalue weighted by molar-refractivity contribution is -0.133. The van der Waals surface area contributed by atoms with Crippen LogP contribution in [0, 0.1) is 0 Å². The number of methoxy groups -OCH3 is 2. The lowest BCUT2D eigenvalue weighted by Gasteiger charge is -2.25. The molecular weight excluding hydrogens is 320 g/mol. The van der Waals surface area contributed by atoms with E-state index in [1.807, 2.05) is 0 Å². The zero-order valence-corrected chi connectivity index (χ0v) is 14.5. The van der Waals surface area contributed by atoms with Gasteiger partial charge < -0.3 is 14.4 Å². The molecule has 1 aromatic rings. The molecule has 7 nitrogen and oxygen atoms in total. The van der Waals surface area contributed by atoms with Crippen molar-refractivity contribution in [3.05, 3.63) is 30.3 Å². The molecule has 1 rings (SSSR count). The lowest BCUT2D eigenvalue weighted by Crippen LogP contribution is -2.48. The highest BCUT2D eigenvalue weighted by Gasteiger charge is 2.25. The Morgan fingerprint density at radius 2 is 1.65 bits per heavy atom. The summed E-state index contributed by atoms with van der Waals surface area (Å²) >= 11 is 0. The topological polar surface area (TPSA) is 84.9 Å². The summed E-state index contributed by atoms with van der Waals surface area (Å²) in [6.45, 7) is 3.00. The van der Waals surface area contributed by atoms with Crippen LogP contribution in [0.1, 0.15) is 6.92 Å². The van der Waals surface area contributed by atoms with Crippen LogP contribution in [-0.4, -0.2) is 65.8 Å². The van der Waals surface area contributed by atoms with E-state index in [9.17, 15) is 13.2 Å². The van der Waals surface area contributed by atoms with Crippen LogP contribution in [0.25, 0.3) is 0 Å². The van der Waals surface area contributed by atoms with Crippen molar-refractivity contribution in [1.82, 2.24) is 9.62 Å².